The number of halogens is 1. The minimum atomic E-state index is -0.608. The van der Waals surface area contributed by atoms with Crippen molar-refractivity contribution >= 4 is 29.2 Å². The number of ether oxygens (including phenoxy) is 2. The van der Waals surface area contributed by atoms with Gasteiger partial charge in [0.15, 0.2) is 5.65 Å². The smallest absolute Gasteiger partial charge is 0.416 e. The Morgan fingerprint density at radius 2 is 2.22 bits per heavy atom. The highest BCUT2D eigenvalue weighted by Gasteiger charge is 2.31. The number of fused-ring (bicyclic) bond motifs is 1. The summed E-state index contributed by atoms with van der Waals surface area (Å²) < 4.78 is 12.7. The van der Waals surface area contributed by atoms with Gasteiger partial charge in [0.2, 0.25) is 0 Å². The minimum absolute atomic E-state index is 0.00250. The van der Waals surface area contributed by atoms with E-state index in [1.165, 1.54) is 0 Å². The Kier molecular flexibility index (Phi) is 5.88. The lowest BCUT2D eigenvalue weighted by molar-refractivity contribution is 0.00470. The quantitative estimate of drug-likeness (QED) is 0.585. The number of nitrogens with zero attached hydrogens (tertiary/aromatic N) is 5. The molecular formula is C18H26ClN5O3. The molecule has 1 aliphatic heterocycles. The maximum Gasteiger partial charge on any atom is 0.416 e. The van der Waals surface area contributed by atoms with Crippen LogP contribution >= 0.6 is 11.6 Å². The molecule has 2 unspecified atom stereocenters. The van der Waals surface area contributed by atoms with Crippen LogP contribution in [-0.2, 0) is 9.47 Å². The third-order valence-electron chi connectivity index (χ3n) is 4.28. The first-order valence-corrected chi connectivity index (χ1v) is 9.47. The minimum Gasteiger partial charge on any atom is -0.443 e. The van der Waals surface area contributed by atoms with E-state index in [-0.39, 0.29) is 11.5 Å². The molecule has 2 aromatic heterocycles. The van der Waals surface area contributed by atoms with E-state index in [2.05, 4.69) is 15.0 Å². The van der Waals surface area contributed by atoms with Gasteiger partial charge in [-0.1, -0.05) is 0 Å². The van der Waals surface area contributed by atoms with E-state index in [4.69, 9.17) is 21.1 Å². The summed E-state index contributed by atoms with van der Waals surface area (Å²) in [5, 5.41) is 4.30. The van der Waals surface area contributed by atoms with Crippen molar-refractivity contribution in [1.29, 1.82) is 0 Å². The SMILES string of the molecule is CC(CN(C(=O)OC(C)(C)C)c1ccnc2ccnn12)N1CCOCC1Cl. The summed E-state index contributed by atoms with van der Waals surface area (Å²) >= 11 is 6.41. The van der Waals surface area contributed by atoms with Crippen LogP contribution in [0, 0.1) is 0 Å². The van der Waals surface area contributed by atoms with Crippen LogP contribution in [0.25, 0.3) is 5.65 Å². The van der Waals surface area contributed by atoms with Crippen molar-refractivity contribution in [2.45, 2.75) is 44.8 Å². The number of anilines is 1. The lowest BCUT2D eigenvalue weighted by Crippen LogP contribution is -2.52. The third kappa shape index (κ3) is 4.69. The highest BCUT2D eigenvalue weighted by Crippen LogP contribution is 2.22. The average molecular weight is 396 g/mol. The average Bonchev–Trinajstić information content (AvgIpc) is 3.07. The first-order chi connectivity index (χ1) is 12.8. The molecule has 2 atom stereocenters. The summed E-state index contributed by atoms with van der Waals surface area (Å²) in [5.41, 5.74) is -0.172. The number of rotatable bonds is 4. The molecule has 0 bridgehead atoms. The zero-order chi connectivity index (χ0) is 19.6. The lowest BCUT2D eigenvalue weighted by atomic mass is 10.2. The molecule has 0 aromatic carbocycles. The summed E-state index contributed by atoms with van der Waals surface area (Å²) in [4.78, 5) is 21.0. The van der Waals surface area contributed by atoms with Crippen LogP contribution < -0.4 is 4.90 Å². The van der Waals surface area contributed by atoms with E-state index in [1.54, 1.807) is 33.9 Å². The third-order valence-corrected chi connectivity index (χ3v) is 4.66. The zero-order valence-electron chi connectivity index (χ0n) is 16.1. The summed E-state index contributed by atoms with van der Waals surface area (Å²) in [6.07, 6.45) is 2.88. The monoisotopic (exact) mass is 395 g/mol. The highest BCUT2D eigenvalue weighted by molar-refractivity contribution is 6.20. The van der Waals surface area contributed by atoms with Crippen molar-refractivity contribution in [1.82, 2.24) is 19.5 Å². The Balaban J connectivity index is 1.90. The fraction of sp³-hybridized carbons (Fsp3) is 0.611. The number of aromatic nitrogens is 3. The molecule has 1 aliphatic rings. The Morgan fingerprint density at radius 3 is 2.93 bits per heavy atom. The van der Waals surface area contributed by atoms with Gasteiger partial charge in [0, 0.05) is 31.4 Å². The normalized spacial score (nSPS) is 19.8. The van der Waals surface area contributed by atoms with Gasteiger partial charge in [-0.25, -0.2) is 9.78 Å². The topological polar surface area (TPSA) is 72.2 Å². The first kappa shape index (κ1) is 19.9. The van der Waals surface area contributed by atoms with Crippen LogP contribution in [0.15, 0.2) is 24.5 Å². The van der Waals surface area contributed by atoms with Crippen LogP contribution in [0.3, 0.4) is 0 Å². The van der Waals surface area contributed by atoms with Gasteiger partial charge >= 0.3 is 6.09 Å². The standard InChI is InChI=1S/C18H26ClN5O3/c1-13(22-9-10-26-12-14(22)19)11-23(17(25)27-18(2,3)4)16-6-7-20-15-5-8-21-24(15)16/h5-8,13-14H,9-12H2,1-4H3. The molecule has 2 aromatic rings. The maximum atomic E-state index is 13.0. The lowest BCUT2D eigenvalue weighted by Gasteiger charge is -2.38. The van der Waals surface area contributed by atoms with Crippen LogP contribution in [0.1, 0.15) is 27.7 Å². The van der Waals surface area contributed by atoms with Crippen LogP contribution in [0.4, 0.5) is 10.6 Å². The van der Waals surface area contributed by atoms with Crippen LogP contribution in [0.2, 0.25) is 0 Å². The van der Waals surface area contributed by atoms with Gasteiger partial charge in [-0.05, 0) is 33.8 Å². The van der Waals surface area contributed by atoms with Crippen molar-refractivity contribution < 1.29 is 14.3 Å². The number of carbonyl (C=O) groups excluding carboxylic acids is 1. The van der Waals surface area contributed by atoms with E-state index >= 15 is 0 Å². The number of hydrogen-bond acceptors (Lipinski definition) is 6. The first-order valence-electron chi connectivity index (χ1n) is 9.03. The van der Waals surface area contributed by atoms with Crippen LogP contribution in [-0.4, -0.2) is 69.0 Å². The van der Waals surface area contributed by atoms with Crippen molar-refractivity contribution in [3.8, 4) is 0 Å². The molecule has 27 heavy (non-hydrogen) atoms. The molecular weight excluding hydrogens is 370 g/mol. The summed E-state index contributed by atoms with van der Waals surface area (Å²) in [6, 6.07) is 3.55. The second-order valence-corrected chi connectivity index (χ2v) is 8.10. The molecule has 0 aliphatic carbocycles. The molecule has 8 nitrogen and oxygen atoms in total. The van der Waals surface area contributed by atoms with Gasteiger partial charge in [0.25, 0.3) is 0 Å². The molecule has 0 N–H and O–H groups in total. The van der Waals surface area contributed by atoms with Gasteiger partial charge < -0.3 is 9.47 Å². The van der Waals surface area contributed by atoms with Gasteiger partial charge in [-0.2, -0.15) is 9.61 Å². The predicted octanol–water partition coefficient (Wildman–Crippen LogP) is 2.76. The molecule has 0 radical (unpaired) electrons. The van der Waals surface area contributed by atoms with E-state index < -0.39 is 11.7 Å². The van der Waals surface area contributed by atoms with Crippen molar-refractivity contribution in [3.05, 3.63) is 24.5 Å². The second kappa shape index (κ2) is 8.00. The van der Waals surface area contributed by atoms with E-state index in [0.29, 0.717) is 37.8 Å². The largest absolute Gasteiger partial charge is 0.443 e. The summed E-state index contributed by atoms with van der Waals surface area (Å²) in [7, 11) is 0. The number of hydrogen-bond donors (Lipinski definition) is 0. The molecule has 0 saturated carbocycles. The molecule has 148 valence electrons. The van der Waals surface area contributed by atoms with Crippen molar-refractivity contribution in [2.24, 2.45) is 0 Å². The van der Waals surface area contributed by atoms with Crippen molar-refractivity contribution in [2.75, 3.05) is 31.2 Å². The van der Waals surface area contributed by atoms with Gasteiger partial charge in [0.1, 0.15) is 16.9 Å². The summed E-state index contributed by atoms with van der Waals surface area (Å²) in [6.45, 7) is 9.79. The molecule has 1 fully saturated rings. The maximum absolute atomic E-state index is 13.0. The predicted molar refractivity (Wildman–Crippen MR) is 103 cm³/mol. The Hall–Kier alpha value is -1.90. The Bertz CT molecular complexity index is 791. The number of morpholine rings is 1. The zero-order valence-corrected chi connectivity index (χ0v) is 16.9. The molecule has 9 heteroatoms. The van der Waals surface area contributed by atoms with E-state index in [0.717, 1.165) is 0 Å². The Morgan fingerprint density at radius 1 is 1.44 bits per heavy atom. The van der Waals surface area contributed by atoms with Gasteiger partial charge in [-0.15, -0.1) is 11.6 Å². The molecule has 3 rings (SSSR count). The number of amides is 1. The fourth-order valence-electron chi connectivity index (χ4n) is 3.06. The van der Waals surface area contributed by atoms with Gasteiger partial charge in [-0.3, -0.25) is 9.80 Å². The number of alkyl halides is 1. The Labute approximate surface area is 164 Å². The van der Waals surface area contributed by atoms with Crippen molar-refractivity contribution in [3.63, 3.8) is 0 Å². The van der Waals surface area contributed by atoms with E-state index in [1.807, 2.05) is 27.7 Å². The second-order valence-electron chi connectivity index (χ2n) is 7.59. The molecule has 3 heterocycles. The molecule has 1 saturated heterocycles. The molecule has 1 amide bonds. The fourth-order valence-corrected chi connectivity index (χ4v) is 3.44. The highest BCUT2D eigenvalue weighted by atomic mass is 35.5. The van der Waals surface area contributed by atoms with Gasteiger partial charge in [0.05, 0.1) is 19.4 Å². The van der Waals surface area contributed by atoms with Crippen LogP contribution in [0.5, 0.6) is 0 Å². The number of carbonyl (C=O) groups is 1. The summed E-state index contributed by atoms with van der Waals surface area (Å²) in [5.74, 6) is 0.602. The van der Waals surface area contributed by atoms with E-state index in [9.17, 15) is 4.79 Å². The molecule has 0 spiro atoms.